The van der Waals surface area contributed by atoms with Gasteiger partial charge in [-0.2, -0.15) is 0 Å². The van der Waals surface area contributed by atoms with Crippen LogP contribution >= 0.6 is 11.6 Å². The Labute approximate surface area is 120 Å². The second kappa shape index (κ2) is 6.34. The highest BCUT2D eigenvalue weighted by Crippen LogP contribution is 2.19. The number of benzene rings is 1. The number of hydrogen-bond donors (Lipinski definition) is 0. The van der Waals surface area contributed by atoms with Crippen molar-refractivity contribution < 1.29 is 13.9 Å². The highest BCUT2D eigenvalue weighted by Gasteiger charge is 2.16. The van der Waals surface area contributed by atoms with E-state index in [1.54, 1.807) is 18.3 Å². The van der Waals surface area contributed by atoms with E-state index in [2.05, 4.69) is 4.98 Å². The summed E-state index contributed by atoms with van der Waals surface area (Å²) in [6.07, 6.45) is 1.04. The molecule has 0 aliphatic heterocycles. The van der Waals surface area contributed by atoms with Crippen molar-refractivity contribution in [2.24, 2.45) is 0 Å². The zero-order chi connectivity index (χ0) is 14.5. The molecule has 1 heterocycles. The molecule has 20 heavy (non-hydrogen) atoms. The minimum atomic E-state index is -0.536. The van der Waals surface area contributed by atoms with Crippen LogP contribution in [0.1, 0.15) is 5.56 Å². The second-order valence-corrected chi connectivity index (χ2v) is 4.41. The van der Waals surface area contributed by atoms with Crippen LogP contribution in [0.2, 0.25) is 5.15 Å². The van der Waals surface area contributed by atoms with Crippen molar-refractivity contribution in [2.75, 3.05) is 12.0 Å². The zero-order valence-electron chi connectivity index (χ0n) is 10.7. The molecular weight excluding hydrogens is 283 g/mol. The number of methoxy groups -OCH3 is 1. The van der Waals surface area contributed by atoms with Gasteiger partial charge in [0.25, 0.3) is 0 Å². The zero-order valence-corrected chi connectivity index (χ0v) is 11.5. The van der Waals surface area contributed by atoms with Crippen molar-refractivity contribution in [1.82, 2.24) is 4.98 Å². The topological polar surface area (TPSA) is 42.4 Å². The van der Waals surface area contributed by atoms with Crippen LogP contribution in [0, 0.1) is 5.82 Å². The van der Waals surface area contributed by atoms with E-state index in [1.165, 1.54) is 36.3 Å². The van der Waals surface area contributed by atoms with Gasteiger partial charge in [-0.1, -0.05) is 17.7 Å². The molecule has 0 atom stereocenters. The summed E-state index contributed by atoms with van der Waals surface area (Å²) >= 11 is 5.71. The van der Waals surface area contributed by atoms with Gasteiger partial charge in [0.2, 0.25) is 0 Å². The van der Waals surface area contributed by atoms with Gasteiger partial charge in [0.15, 0.2) is 0 Å². The number of ether oxygens (including phenoxy) is 1. The highest BCUT2D eigenvalue weighted by molar-refractivity contribution is 6.29. The summed E-state index contributed by atoms with van der Waals surface area (Å²) < 4.78 is 17.7. The number of rotatable bonds is 3. The average molecular weight is 295 g/mol. The molecule has 1 amide bonds. The minimum Gasteiger partial charge on any atom is -0.452 e. The monoisotopic (exact) mass is 294 g/mol. The summed E-state index contributed by atoms with van der Waals surface area (Å²) in [7, 11) is 1.29. The molecule has 0 spiro atoms. The summed E-state index contributed by atoms with van der Waals surface area (Å²) in [6, 6.07) is 8.98. The molecule has 1 aromatic heterocycles. The first-order valence-electron chi connectivity index (χ1n) is 5.81. The SMILES string of the molecule is COC(=O)N(Cc1ccc(Cl)nc1)c1ccc(F)cc1. The van der Waals surface area contributed by atoms with Crippen LogP contribution in [0.5, 0.6) is 0 Å². The quantitative estimate of drug-likeness (QED) is 0.812. The fourth-order valence-electron chi connectivity index (χ4n) is 1.68. The Morgan fingerprint density at radius 3 is 2.55 bits per heavy atom. The summed E-state index contributed by atoms with van der Waals surface area (Å²) in [6.45, 7) is 0.252. The third-order valence-electron chi connectivity index (χ3n) is 2.66. The van der Waals surface area contributed by atoms with E-state index in [0.29, 0.717) is 10.8 Å². The largest absolute Gasteiger partial charge is 0.452 e. The molecule has 0 fully saturated rings. The Morgan fingerprint density at radius 1 is 1.30 bits per heavy atom. The van der Waals surface area contributed by atoms with Crippen LogP contribution < -0.4 is 4.90 Å². The summed E-state index contributed by atoms with van der Waals surface area (Å²) in [5.74, 6) is -0.369. The maximum atomic E-state index is 12.9. The van der Waals surface area contributed by atoms with E-state index in [-0.39, 0.29) is 12.4 Å². The molecule has 0 radical (unpaired) electrons. The van der Waals surface area contributed by atoms with Crippen LogP contribution in [0.15, 0.2) is 42.6 Å². The normalized spacial score (nSPS) is 10.2. The van der Waals surface area contributed by atoms with E-state index in [0.717, 1.165) is 5.56 Å². The lowest BCUT2D eigenvalue weighted by atomic mass is 10.2. The lowest BCUT2D eigenvalue weighted by Crippen LogP contribution is -2.30. The van der Waals surface area contributed by atoms with Crippen LogP contribution in [-0.2, 0) is 11.3 Å². The molecule has 1 aromatic carbocycles. The number of amides is 1. The standard InChI is InChI=1S/C14H12ClFN2O2/c1-20-14(19)18(12-5-3-11(16)4-6-12)9-10-2-7-13(15)17-8-10/h2-8H,9H2,1H3. The third kappa shape index (κ3) is 3.45. The maximum Gasteiger partial charge on any atom is 0.414 e. The fourth-order valence-corrected chi connectivity index (χ4v) is 1.79. The van der Waals surface area contributed by atoms with Gasteiger partial charge in [-0.25, -0.2) is 14.2 Å². The van der Waals surface area contributed by atoms with Crippen molar-refractivity contribution in [1.29, 1.82) is 0 Å². The van der Waals surface area contributed by atoms with Crippen LogP contribution in [-0.4, -0.2) is 18.2 Å². The Morgan fingerprint density at radius 2 is 2.00 bits per heavy atom. The van der Waals surface area contributed by atoms with Crippen molar-refractivity contribution >= 4 is 23.4 Å². The number of nitrogens with zero attached hydrogens (tertiary/aromatic N) is 2. The van der Waals surface area contributed by atoms with Crippen molar-refractivity contribution in [2.45, 2.75) is 6.54 Å². The van der Waals surface area contributed by atoms with Crippen molar-refractivity contribution in [3.63, 3.8) is 0 Å². The van der Waals surface area contributed by atoms with E-state index < -0.39 is 6.09 Å². The second-order valence-electron chi connectivity index (χ2n) is 4.02. The first-order chi connectivity index (χ1) is 9.60. The molecule has 104 valence electrons. The van der Waals surface area contributed by atoms with Crippen LogP contribution in [0.4, 0.5) is 14.9 Å². The van der Waals surface area contributed by atoms with E-state index in [1.807, 2.05) is 0 Å². The molecule has 0 N–H and O–H groups in total. The molecule has 6 heteroatoms. The predicted molar refractivity (Wildman–Crippen MR) is 74.2 cm³/mol. The van der Waals surface area contributed by atoms with Gasteiger partial charge in [0, 0.05) is 11.9 Å². The Bertz CT molecular complexity index is 587. The molecule has 0 bridgehead atoms. The number of pyridine rings is 1. The Balaban J connectivity index is 2.26. The van der Waals surface area contributed by atoms with Crippen molar-refractivity contribution in [3.05, 3.63) is 59.1 Å². The molecule has 4 nitrogen and oxygen atoms in total. The molecule has 0 aliphatic rings. The Hall–Kier alpha value is -2.14. The number of hydrogen-bond acceptors (Lipinski definition) is 3. The molecule has 2 aromatic rings. The number of aromatic nitrogens is 1. The number of halogens is 2. The number of anilines is 1. The average Bonchev–Trinajstić information content (AvgIpc) is 2.47. The van der Waals surface area contributed by atoms with Crippen molar-refractivity contribution in [3.8, 4) is 0 Å². The molecule has 0 saturated carbocycles. The number of carbonyl (C=O) groups excluding carboxylic acids is 1. The lowest BCUT2D eigenvalue weighted by molar-refractivity contribution is 0.178. The van der Waals surface area contributed by atoms with Crippen LogP contribution in [0.25, 0.3) is 0 Å². The Kier molecular flexibility index (Phi) is 4.53. The van der Waals surface area contributed by atoms with Gasteiger partial charge in [-0.15, -0.1) is 0 Å². The number of carbonyl (C=O) groups is 1. The summed E-state index contributed by atoms with van der Waals surface area (Å²) in [5.41, 5.74) is 1.32. The fraction of sp³-hybridized carbons (Fsp3) is 0.143. The van der Waals surface area contributed by atoms with E-state index in [4.69, 9.17) is 16.3 Å². The van der Waals surface area contributed by atoms with E-state index >= 15 is 0 Å². The molecule has 0 unspecified atom stereocenters. The predicted octanol–water partition coefficient (Wildman–Crippen LogP) is 3.65. The van der Waals surface area contributed by atoms with Crippen LogP contribution in [0.3, 0.4) is 0 Å². The van der Waals surface area contributed by atoms with Gasteiger partial charge in [-0.05, 0) is 35.9 Å². The molecular formula is C14H12ClFN2O2. The first-order valence-corrected chi connectivity index (χ1v) is 6.19. The third-order valence-corrected chi connectivity index (χ3v) is 2.89. The van der Waals surface area contributed by atoms with Gasteiger partial charge in [0.05, 0.1) is 13.7 Å². The molecule has 0 saturated heterocycles. The molecule has 2 rings (SSSR count). The van der Waals surface area contributed by atoms with Gasteiger partial charge >= 0.3 is 6.09 Å². The summed E-state index contributed by atoms with van der Waals surface area (Å²) in [4.78, 5) is 17.2. The highest BCUT2D eigenvalue weighted by atomic mass is 35.5. The minimum absolute atomic E-state index is 0.252. The maximum absolute atomic E-state index is 12.9. The first kappa shape index (κ1) is 14.3. The summed E-state index contributed by atoms with van der Waals surface area (Å²) in [5, 5.41) is 0.375. The lowest BCUT2D eigenvalue weighted by Gasteiger charge is -2.21. The van der Waals surface area contributed by atoms with E-state index in [9.17, 15) is 9.18 Å². The van der Waals surface area contributed by atoms with Gasteiger partial charge in [0.1, 0.15) is 11.0 Å². The van der Waals surface area contributed by atoms with Gasteiger partial charge < -0.3 is 4.74 Å². The van der Waals surface area contributed by atoms with Gasteiger partial charge in [-0.3, -0.25) is 4.90 Å². The molecule has 0 aliphatic carbocycles. The smallest absolute Gasteiger partial charge is 0.414 e.